The Morgan fingerprint density at radius 2 is 2.40 bits per heavy atom. The van der Waals surface area contributed by atoms with E-state index in [9.17, 15) is 4.79 Å². The minimum Gasteiger partial charge on any atom is -0.464 e. The van der Waals surface area contributed by atoms with Crippen molar-refractivity contribution in [3.05, 3.63) is 17.4 Å². The van der Waals surface area contributed by atoms with Crippen LogP contribution in [0.1, 0.15) is 32.7 Å². The minimum atomic E-state index is -0.359. The molecule has 5 heteroatoms. The zero-order valence-corrected chi connectivity index (χ0v) is 9.70. The molecule has 0 radical (unpaired) electrons. The van der Waals surface area contributed by atoms with Gasteiger partial charge in [-0.2, -0.15) is 5.10 Å². The topological polar surface area (TPSA) is 44.1 Å². The van der Waals surface area contributed by atoms with Crippen LogP contribution in [-0.2, 0) is 9.53 Å². The summed E-state index contributed by atoms with van der Waals surface area (Å²) in [5, 5.41) is 4.55. The third-order valence-corrected chi connectivity index (χ3v) is 2.21. The number of carbonyl (C=O) groups excluding carboxylic acids is 1. The van der Waals surface area contributed by atoms with Crippen molar-refractivity contribution in [1.82, 2.24) is 9.78 Å². The van der Waals surface area contributed by atoms with E-state index in [4.69, 9.17) is 16.3 Å². The van der Waals surface area contributed by atoms with Gasteiger partial charge in [-0.1, -0.05) is 24.9 Å². The van der Waals surface area contributed by atoms with Gasteiger partial charge in [-0.15, -0.1) is 0 Å². The summed E-state index contributed by atoms with van der Waals surface area (Å²) in [6.45, 7) is 4.18. The molecule has 0 bridgehead atoms. The molecule has 0 saturated carbocycles. The zero-order valence-electron chi connectivity index (χ0n) is 8.94. The maximum atomic E-state index is 11.6. The highest BCUT2D eigenvalue weighted by atomic mass is 35.5. The number of nitrogens with zero attached hydrogens (tertiary/aromatic N) is 2. The lowest BCUT2D eigenvalue weighted by molar-refractivity contribution is -0.147. The SMILES string of the molecule is CCCC(C(=O)OCC)n1cc(Cl)cn1. The first-order valence-corrected chi connectivity index (χ1v) is 5.43. The predicted molar refractivity (Wildman–Crippen MR) is 57.8 cm³/mol. The molecule has 1 aromatic rings. The number of ether oxygens (including phenoxy) is 1. The Hall–Kier alpha value is -1.03. The number of halogens is 1. The van der Waals surface area contributed by atoms with Crippen molar-refractivity contribution in [1.29, 1.82) is 0 Å². The molecule has 0 spiro atoms. The molecule has 0 aromatic carbocycles. The van der Waals surface area contributed by atoms with E-state index in [1.165, 1.54) is 6.20 Å². The maximum absolute atomic E-state index is 11.6. The summed E-state index contributed by atoms with van der Waals surface area (Å²) in [5.74, 6) is -0.251. The molecule has 1 unspecified atom stereocenters. The van der Waals surface area contributed by atoms with Crippen LogP contribution in [0.2, 0.25) is 5.02 Å². The molecule has 0 aliphatic rings. The van der Waals surface area contributed by atoms with Crippen molar-refractivity contribution < 1.29 is 9.53 Å². The van der Waals surface area contributed by atoms with Gasteiger partial charge in [0.1, 0.15) is 6.04 Å². The number of hydrogen-bond donors (Lipinski definition) is 0. The van der Waals surface area contributed by atoms with Gasteiger partial charge in [0.2, 0.25) is 0 Å². The van der Waals surface area contributed by atoms with Crippen molar-refractivity contribution >= 4 is 17.6 Å². The number of rotatable bonds is 5. The number of hydrogen-bond acceptors (Lipinski definition) is 3. The lowest BCUT2D eigenvalue weighted by atomic mass is 10.2. The third kappa shape index (κ3) is 3.23. The first-order chi connectivity index (χ1) is 7.19. The van der Waals surface area contributed by atoms with E-state index in [1.54, 1.807) is 17.8 Å². The van der Waals surface area contributed by atoms with E-state index < -0.39 is 0 Å². The summed E-state index contributed by atoms with van der Waals surface area (Å²) in [5.41, 5.74) is 0. The van der Waals surface area contributed by atoms with E-state index in [0.717, 1.165) is 6.42 Å². The number of esters is 1. The second kappa shape index (κ2) is 5.75. The van der Waals surface area contributed by atoms with Gasteiger partial charge in [0, 0.05) is 6.20 Å². The molecule has 0 fully saturated rings. The largest absolute Gasteiger partial charge is 0.464 e. The Morgan fingerprint density at radius 3 is 2.87 bits per heavy atom. The minimum absolute atomic E-state index is 0.251. The van der Waals surface area contributed by atoms with Crippen molar-refractivity contribution in [2.75, 3.05) is 6.61 Å². The zero-order chi connectivity index (χ0) is 11.3. The lowest BCUT2D eigenvalue weighted by Gasteiger charge is -2.14. The molecule has 0 N–H and O–H groups in total. The average Bonchev–Trinajstić information content (AvgIpc) is 2.61. The van der Waals surface area contributed by atoms with Crippen molar-refractivity contribution in [3.8, 4) is 0 Å². The van der Waals surface area contributed by atoms with E-state index in [-0.39, 0.29) is 12.0 Å². The molecule has 0 amide bonds. The van der Waals surface area contributed by atoms with E-state index in [0.29, 0.717) is 18.1 Å². The highest BCUT2D eigenvalue weighted by molar-refractivity contribution is 6.30. The van der Waals surface area contributed by atoms with Gasteiger partial charge >= 0.3 is 5.97 Å². The third-order valence-electron chi connectivity index (χ3n) is 2.01. The van der Waals surface area contributed by atoms with Crippen LogP contribution in [0.5, 0.6) is 0 Å². The molecule has 0 aliphatic heterocycles. The summed E-state index contributed by atoms with van der Waals surface area (Å²) in [4.78, 5) is 11.6. The van der Waals surface area contributed by atoms with Crippen LogP contribution >= 0.6 is 11.6 Å². The molecule has 0 saturated heterocycles. The fourth-order valence-corrected chi connectivity index (χ4v) is 1.50. The molecule has 15 heavy (non-hydrogen) atoms. The number of carbonyl (C=O) groups is 1. The number of aromatic nitrogens is 2. The van der Waals surface area contributed by atoms with Crippen LogP contribution in [0.4, 0.5) is 0 Å². The van der Waals surface area contributed by atoms with Gasteiger partial charge in [0.15, 0.2) is 0 Å². The quantitative estimate of drug-likeness (QED) is 0.730. The fraction of sp³-hybridized carbons (Fsp3) is 0.600. The first kappa shape index (κ1) is 12.0. The standard InChI is InChI=1S/C10H15ClN2O2/c1-3-5-9(10(14)15-4-2)13-7-8(11)6-12-13/h6-7,9H,3-5H2,1-2H3. The Bertz CT molecular complexity index is 325. The second-order valence-electron chi connectivity index (χ2n) is 3.20. The van der Waals surface area contributed by atoms with Gasteiger partial charge in [-0.3, -0.25) is 4.68 Å². The molecule has 84 valence electrons. The first-order valence-electron chi connectivity index (χ1n) is 5.05. The van der Waals surface area contributed by atoms with Crippen LogP contribution in [0.3, 0.4) is 0 Å². The van der Waals surface area contributed by atoms with Crippen molar-refractivity contribution in [2.45, 2.75) is 32.7 Å². The summed E-state index contributed by atoms with van der Waals surface area (Å²) in [7, 11) is 0. The average molecular weight is 231 g/mol. The molecular weight excluding hydrogens is 216 g/mol. The molecular formula is C10H15ClN2O2. The van der Waals surface area contributed by atoms with Gasteiger partial charge in [0.05, 0.1) is 17.8 Å². The molecule has 0 aliphatic carbocycles. The monoisotopic (exact) mass is 230 g/mol. The van der Waals surface area contributed by atoms with Gasteiger partial charge < -0.3 is 4.74 Å². The molecule has 4 nitrogen and oxygen atoms in total. The lowest BCUT2D eigenvalue weighted by Crippen LogP contribution is -2.22. The Balaban J connectivity index is 2.77. The van der Waals surface area contributed by atoms with Crippen LogP contribution in [0.15, 0.2) is 12.4 Å². The molecule has 1 rings (SSSR count). The molecule has 1 aromatic heterocycles. The second-order valence-corrected chi connectivity index (χ2v) is 3.63. The van der Waals surface area contributed by atoms with E-state index in [1.807, 2.05) is 6.92 Å². The van der Waals surface area contributed by atoms with Gasteiger partial charge in [-0.05, 0) is 13.3 Å². The normalized spacial score (nSPS) is 12.5. The molecule has 1 heterocycles. The van der Waals surface area contributed by atoms with Crippen LogP contribution in [0, 0.1) is 0 Å². The Kier molecular flexibility index (Phi) is 4.62. The van der Waals surface area contributed by atoms with E-state index >= 15 is 0 Å². The van der Waals surface area contributed by atoms with Crippen LogP contribution in [0.25, 0.3) is 0 Å². The predicted octanol–water partition coefficient (Wildman–Crippen LogP) is 2.44. The smallest absolute Gasteiger partial charge is 0.330 e. The maximum Gasteiger partial charge on any atom is 0.330 e. The highest BCUT2D eigenvalue weighted by Crippen LogP contribution is 2.17. The summed E-state index contributed by atoms with van der Waals surface area (Å²) in [6.07, 6.45) is 4.75. The van der Waals surface area contributed by atoms with Crippen molar-refractivity contribution in [2.24, 2.45) is 0 Å². The van der Waals surface area contributed by atoms with Crippen molar-refractivity contribution in [3.63, 3.8) is 0 Å². The Morgan fingerprint density at radius 1 is 1.67 bits per heavy atom. The van der Waals surface area contributed by atoms with Gasteiger partial charge in [0.25, 0.3) is 0 Å². The summed E-state index contributed by atoms with van der Waals surface area (Å²) < 4.78 is 6.54. The highest BCUT2D eigenvalue weighted by Gasteiger charge is 2.21. The van der Waals surface area contributed by atoms with Crippen LogP contribution in [-0.4, -0.2) is 22.4 Å². The van der Waals surface area contributed by atoms with Gasteiger partial charge in [-0.25, -0.2) is 4.79 Å². The fourth-order valence-electron chi connectivity index (χ4n) is 1.36. The van der Waals surface area contributed by atoms with E-state index in [2.05, 4.69) is 5.10 Å². The summed E-state index contributed by atoms with van der Waals surface area (Å²) in [6, 6.07) is -0.359. The molecule has 1 atom stereocenters. The Labute approximate surface area is 94.2 Å². The van der Waals surface area contributed by atoms with Crippen LogP contribution < -0.4 is 0 Å². The summed E-state index contributed by atoms with van der Waals surface area (Å²) >= 11 is 5.75.